The fourth-order valence-corrected chi connectivity index (χ4v) is 4.03. The lowest BCUT2D eigenvalue weighted by molar-refractivity contribution is 0.000711. The van der Waals surface area contributed by atoms with Crippen LogP contribution in [0.4, 0.5) is 0 Å². The molecule has 1 atom stereocenters. The van der Waals surface area contributed by atoms with Crippen LogP contribution in [0.2, 0.25) is 0 Å². The van der Waals surface area contributed by atoms with Crippen LogP contribution in [-0.4, -0.2) is 67.2 Å². The molecule has 1 saturated carbocycles. The summed E-state index contributed by atoms with van der Waals surface area (Å²) in [4.78, 5) is 17.5. The van der Waals surface area contributed by atoms with Gasteiger partial charge in [-0.15, -0.1) is 0 Å². The molecule has 3 fully saturated rings. The van der Waals surface area contributed by atoms with Crippen LogP contribution in [0.1, 0.15) is 43.0 Å². The normalized spacial score (nSPS) is 25.3. The number of rotatable bonds is 5. The van der Waals surface area contributed by atoms with Gasteiger partial charge in [-0.25, -0.2) is 0 Å². The fraction of sp³-hybridized carbons (Fsp3) is 0.667. The summed E-state index contributed by atoms with van der Waals surface area (Å²) in [5.74, 6) is 1.74. The molecule has 5 heteroatoms. The van der Waals surface area contributed by atoms with Crippen LogP contribution in [0.3, 0.4) is 0 Å². The molecule has 1 aliphatic carbocycles. The van der Waals surface area contributed by atoms with Crippen molar-refractivity contribution in [1.82, 2.24) is 9.80 Å². The number of amides is 1. The molecule has 4 rings (SSSR count). The third-order valence-corrected chi connectivity index (χ3v) is 5.91. The van der Waals surface area contributed by atoms with E-state index in [2.05, 4.69) is 11.8 Å². The molecule has 0 aromatic heterocycles. The van der Waals surface area contributed by atoms with E-state index in [-0.39, 0.29) is 11.9 Å². The van der Waals surface area contributed by atoms with E-state index in [1.165, 1.54) is 12.8 Å². The maximum absolute atomic E-state index is 12.9. The smallest absolute Gasteiger partial charge is 0.254 e. The van der Waals surface area contributed by atoms with Crippen molar-refractivity contribution in [3.8, 4) is 5.75 Å². The minimum atomic E-state index is 0.137. The number of ether oxygens (including phenoxy) is 2. The van der Waals surface area contributed by atoms with Gasteiger partial charge in [-0.2, -0.15) is 0 Å². The van der Waals surface area contributed by atoms with Gasteiger partial charge < -0.3 is 14.4 Å². The van der Waals surface area contributed by atoms with E-state index in [1.807, 2.05) is 29.2 Å². The second-order valence-corrected chi connectivity index (χ2v) is 7.96. The van der Waals surface area contributed by atoms with E-state index >= 15 is 0 Å². The number of nitrogens with zero attached hydrogens (tertiary/aromatic N) is 2. The Hall–Kier alpha value is -1.59. The Kier molecular flexibility index (Phi) is 5.46. The van der Waals surface area contributed by atoms with Gasteiger partial charge in [0.15, 0.2) is 0 Å². The van der Waals surface area contributed by atoms with Gasteiger partial charge in [-0.1, -0.05) is 0 Å². The fourth-order valence-electron chi connectivity index (χ4n) is 4.03. The molecule has 3 aliphatic rings. The topological polar surface area (TPSA) is 42.0 Å². The first kappa shape index (κ1) is 17.8. The molecule has 142 valence electrons. The summed E-state index contributed by atoms with van der Waals surface area (Å²) in [6.45, 7) is 7.43. The summed E-state index contributed by atoms with van der Waals surface area (Å²) < 4.78 is 11.2. The summed E-state index contributed by atoms with van der Waals surface area (Å²) in [7, 11) is 0. The number of piperazine rings is 1. The zero-order chi connectivity index (χ0) is 17.9. The van der Waals surface area contributed by atoms with Crippen LogP contribution in [0.5, 0.6) is 5.75 Å². The van der Waals surface area contributed by atoms with E-state index in [0.29, 0.717) is 6.04 Å². The maximum Gasteiger partial charge on any atom is 0.254 e. The highest BCUT2D eigenvalue weighted by atomic mass is 16.5. The van der Waals surface area contributed by atoms with Crippen molar-refractivity contribution >= 4 is 5.91 Å². The molecule has 0 spiro atoms. The highest BCUT2D eigenvalue weighted by Crippen LogP contribution is 2.29. The number of carbonyl (C=O) groups is 1. The number of carbonyl (C=O) groups excluding carboxylic acids is 1. The Morgan fingerprint density at radius 3 is 2.50 bits per heavy atom. The second kappa shape index (κ2) is 7.97. The predicted octanol–water partition coefficient (Wildman–Crippen LogP) is 2.80. The van der Waals surface area contributed by atoms with E-state index in [4.69, 9.17) is 9.47 Å². The number of hydrogen-bond acceptors (Lipinski definition) is 4. The van der Waals surface area contributed by atoms with Crippen LogP contribution in [0.15, 0.2) is 24.3 Å². The van der Waals surface area contributed by atoms with Gasteiger partial charge in [0.05, 0.1) is 6.61 Å². The van der Waals surface area contributed by atoms with E-state index in [1.54, 1.807) is 0 Å². The SMILES string of the molecule is C[C@H]1CN(C2CCOCC2)CCN1C(=O)c1ccc(OCC2CC2)cc1. The molecule has 2 aliphatic heterocycles. The van der Waals surface area contributed by atoms with Gasteiger partial charge in [0.2, 0.25) is 0 Å². The van der Waals surface area contributed by atoms with Crippen LogP contribution in [0, 0.1) is 5.92 Å². The summed E-state index contributed by atoms with van der Waals surface area (Å²) in [6, 6.07) is 8.53. The summed E-state index contributed by atoms with van der Waals surface area (Å²) in [5, 5.41) is 0. The average Bonchev–Trinajstić information content (AvgIpc) is 3.51. The third-order valence-electron chi connectivity index (χ3n) is 5.91. The summed E-state index contributed by atoms with van der Waals surface area (Å²) >= 11 is 0. The number of benzene rings is 1. The molecule has 2 saturated heterocycles. The van der Waals surface area contributed by atoms with Crippen molar-refractivity contribution in [1.29, 1.82) is 0 Å². The monoisotopic (exact) mass is 358 g/mol. The van der Waals surface area contributed by atoms with Crippen molar-refractivity contribution < 1.29 is 14.3 Å². The molecular weight excluding hydrogens is 328 g/mol. The standard InChI is InChI=1S/C21H30N2O3/c1-16-14-22(19-8-12-25-13-9-19)10-11-23(16)21(24)18-4-6-20(7-5-18)26-15-17-2-3-17/h4-7,16-17,19H,2-3,8-15H2,1H3/t16-/m0/s1. The molecule has 5 nitrogen and oxygen atoms in total. The lowest BCUT2D eigenvalue weighted by atomic mass is 10.0. The van der Waals surface area contributed by atoms with Crippen LogP contribution in [0.25, 0.3) is 0 Å². The highest BCUT2D eigenvalue weighted by Gasteiger charge is 2.32. The van der Waals surface area contributed by atoms with Gasteiger partial charge >= 0.3 is 0 Å². The quantitative estimate of drug-likeness (QED) is 0.812. The first-order valence-corrected chi connectivity index (χ1v) is 10.1. The first-order chi connectivity index (χ1) is 12.7. The van der Waals surface area contributed by atoms with Crippen LogP contribution >= 0.6 is 0 Å². The first-order valence-electron chi connectivity index (χ1n) is 10.1. The lowest BCUT2D eigenvalue weighted by Gasteiger charge is -2.44. The van der Waals surface area contributed by atoms with Gasteiger partial charge in [0.1, 0.15) is 5.75 Å². The third kappa shape index (κ3) is 4.21. The van der Waals surface area contributed by atoms with Gasteiger partial charge in [-0.05, 0) is 62.8 Å². The highest BCUT2D eigenvalue weighted by molar-refractivity contribution is 5.94. The van der Waals surface area contributed by atoms with Gasteiger partial charge in [-0.3, -0.25) is 9.69 Å². The molecule has 1 aromatic carbocycles. The largest absolute Gasteiger partial charge is 0.493 e. The van der Waals surface area contributed by atoms with Crippen molar-refractivity contribution in [2.24, 2.45) is 5.92 Å². The van der Waals surface area contributed by atoms with Crippen molar-refractivity contribution in [2.75, 3.05) is 39.5 Å². The Morgan fingerprint density at radius 2 is 1.85 bits per heavy atom. The molecule has 0 bridgehead atoms. The van der Waals surface area contributed by atoms with Crippen molar-refractivity contribution in [3.63, 3.8) is 0 Å². The minimum absolute atomic E-state index is 0.137. The Labute approximate surface area is 156 Å². The van der Waals surface area contributed by atoms with E-state index in [9.17, 15) is 4.79 Å². The Balaban J connectivity index is 1.32. The summed E-state index contributed by atoms with van der Waals surface area (Å²) in [5.41, 5.74) is 0.759. The van der Waals surface area contributed by atoms with E-state index < -0.39 is 0 Å². The van der Waals surface area contributed by atoms with Crippen LogP contribution in [-0.2, 0) is 4.74 Å². The molecule has 1 amide bonds. The van der Waals surface area contributed by atoms with E-state index in [0.717, 1.165) is 69.5 Å². The lowest BCUT2D eigenvalue weighted by Crippen LogP contribution is -2.57. The molecule has 0 radical (unpaired) electrons. The zero-order valence-electron chi connectivity index (χ0n) is 15.7. The van der Waals surface area contributed by atoms with Crippen LogP contribution < -0.4 is 4.74 Å². The molecule has 2 heterocycles. The van der Waals surface area contributed by atoms with Gasteiger partial charge in [0, 0.05) is 50.5 Å². The average molecular weight is 358 g/mol. The van der Waals surface area contributed by atoms with Crippen molar-refractivity contribution in [3.05, 3.63) is 29.8 Å². The number of hydrogen-bond donors (Lipinski definition) is 0. The maximum atomic E-state index is 12.9. The molecule has 0 N–H and O–H groups in total. The Morgan fingerprint density at radius 1 is 1.12 bits per heavy atom. The van der Waals surface area contributed by atoms with Crippen molar-refractivity contribution in [2.45, 2.75) is 44.7 Å². The minimum Gasteiger partial charge on any atom is -0.493 e. The zero-order valence-corrected chi connectivity index (χ0v) is 15.7. The Bertz CT molecular complexity index is 608. The molecule has 0 unspecified atom stereocenters. The second-order valence-electron chi connectivity index (χ2n) is 7.96. The van der Waals surface area contributed by atoms with Gasteiger partial charge in [0.25, 0.3) is 5.91 Å². The molecule has 1 aromatic rings. The molecule has 26 heavy (non-hydrogen) atoms. The predicted molar refractivity (Wildman–Crippen MR) is 101 cm³/mol. The molecular formula is C21H30N2O3. The summed E-state index contributed by atoms with van der Waals surface area (Å²) in [6.07, 6.45) is 4.80.